The number of rotatable bonds is 11. The van der Waals surface area contributed by atoms with Gasteiger partial charge >= 0.3 is 0 Å². The first-order valence-corrected chi connectivity index (χ1v) is 12.2. The molecule has 0 aliphatic heterocycles. The number of anilines is 2. The average molecular weight is 515 g/mol. The SMILES string of the molecule is CCc1cc(Nc2nc(=O)c(C(=O)N(N)CCN=O)cn2CC2=CC=C(Cl)CC2)ccc1OC(C)C. The molecule has 192 valence electrons. The first-order chi connectivity index (χ1) is 17.2. The predicted molar refractivity (Wildman–Crippen MR) is 141 cm³/mol. The number of nitrogens with two attached hydrogens (primary N) is 1. The summed E-state index contributed by atoms with van der Waals surface area (Å²) in [5.41, 5.74) is 1.85. The van der Waals surface area contributed by atoms with Gasteiger partial charge in [0, 0.05) is 23.5 Å². The number of carbonyl (C=O) groups is 1. The first kappa shape index (κ1) is 27.1. The summed E-state index contributed by atoms with van der Waals surface area (Å²) in [6.45, 7) is 6.06. The highest BCUT2D eigenvalue weighted by Gasteiger charge is 2.20. The van der Waals surface area contributed by atoms with Crippen molar-refractivity contribution in [2.24, 2.45) is 11.0 Å². The van der Waals surface area contributed by atoms with Crippen LogP contribution < -0.4 is 21.5 Å². The molecule has 36 heavy (non-hydrogen) atoms. The van der Waals surface area contributed by atoms with Crippen LogP contribution in [0.1, 0.15) is 49.5 Å². The Balaban J connectivity index is 1.99. The second-order valence-electron chi connectivity index (χ2n) is 8.67. The molecule has 0 radical (unpaired) electrons. The van der Waals surface area contributed by atoms with Crippen LogP contribution in [-0.2, 0) is 13.0 Å². The molecule has 0 saturated carbocycles. The maximum absolute atomic E-state index is 12.8. The van der Waals surface area contributed by atoms with Gasteiger partial charge in [-0.3, -0.25) is 14.6 Å². The molecule has 1 amide bonds. The number of halogens is 1. The van der Waals surface area contributed by atoms with Crippen LogP contribution in [0.5, 0.6) is 5.75 Å². The molecule has 0 unspecified atom stereocenters. The zero-order chi connectivity index (χ0) is 26.2. The van der Waals surface area contributed by atoms with E-state index in [0.717, 1.165) is 45.5 Å². The molecule has 10 nitrogen and oxygen atoms in total. The maximum atomic E-state index is 12.8. The second-order valence-corrected chi connectivity index (χ2v) is 9.15. The molecule has 1 aliphatic rings. The van der Waals surface area contributed by atoms with Crippen molar-refractivity contribution in [2.75, 3.05) is 18.4 Å². The smallest absolute Gasteiger partial charge is 0.287 e. The lowest BCUT2D eigenvalue weighted by atomic mass is 10.0. The minimum atomic E-state index is -0.736. The molecule has 0 fully saturated rings. The number of nitroso groups, excluding NO2 is 1. The molecule has 2 aromatic rings. The summed E-state index contributed by atoms with van der Waals surface area (Å²) in [5.74, 6) is 6.08. The second kappa shape index (κ2) is 12.5. The molecule has 1 aromatic carbocycles. The number of nitrogens with zero attached hydrogens (tertiary/aromatic N) is 4. The first-order valence-electron chi connectivity index (χ1n) is 11.8. The standard InChI is InChI=1S/C25H31ClN6O4/c1-4-18-13-20(9-10-22(18)36-16(2)3)29-25-30-23(33)21(24(34)32(27)12-11-28-35)15-31(25)14-17-5-7-19(26)8-6-17/h5,7,9-10,13,15-16H,4,6,8,11-12,14,27H2,1-3H3,(H,29,30,33). The highest BCUT2D eigenvalue weighted by molar-refractivity contribution is 6.29. The van der Waals surface area contributed by atoms with Gasteiger partial charge in [0.1, 0.15) is 17.9 Å². The molecule has 0 saturated heterocycles. The van der Waals surface area contributed by atoms with E-state index >= 15 is 0 Å². The molecule has 1 aromatic heterocycles. The van der Waals surface area contributed by atoms with E-state index in [9.17, 15) is 14.5 Å². The van der Waals surface area contributed by atoms with Gasteiger partial charge < -0.3 is 14.6 Å². The van der Waals surface area contributed by atoms with Crippen LogP contribution in [0.4, 0.5) is 11.6 Å². The summed E-state index contributed by atoms with van der Waals surface area (Å²) in [4.78, 5) is 40.2. The normalized spacial score (nSPS) is 13.2. The minimum Gasteiger partial charge on any atom is -0.491 e. The van der Waals surface area contributed by atoms with Crippen LogP contribution >= 0.6 is 11.6 Å². The number of carbonyl (C=O) groups excluding carboxylic acids is 1. The maximum Gasteiger partial charge on any atom is 0.287 e. The minimum absolute atomic E-state index is 0.0433. The fraction of sp³-hybridized carbons (Fsp3) is 0.400. The Hall–Kier alpha value is -3.50. The third kappa shape index (κ3) is 7.02. The lowest BCUT2D eigenvalue weighted by Crippen LogP contribution is -2.42. The van der Waals surface area contributed by atoms with Crippen LogP contribution in [0.2, 0.25) is 0 Å². The van der Waals surface area contributed by atoms with E-state index in [0.29, 0.717) is 13.0 Å². The molecule has 0 bridgehead atoms. The zero-order valence-electron chi connectivity index (χ0n) is 20.7. The number of allylic oxidation sites excluding steroid dienone is 4. The molecule has 3 N–H and O–H groups in total. The van der Waals surface area contributed by atoms with Crippen LogP contribution in [-0.4, -0.2) is 39.7 Å². The Kier molecular flexibility index (Phi) is 9.38. The molecule has 1 aliphatic carbocycles. The van der Waals surface area contributed by atoms with Gasteiger partial charge in [-0.05, 0) is 62.9 Å². The van der Waals surface area contributed by atoms with Crippen molar-refractivity contribution in [3.05, 3.63) is 73.5 Å². The Bertz CT molecular complexity index is 1240. The van der Waals surface area contributed by atoms with E-state index in [1.807, 2.05) is 51.1 Å². The van der Waals surface area contributed by atoms with Crippen LogP contribution in [0.25, 0.3) is 0 Å². The largest absolute Gasteiger partial charge is 0.491 e. The van der Waals surface area contributed by atoms with Crippen LogP contribution in [0.15, 0.2) is 57.1 Å². The van der Waals surface area contributed by atoms with Gasteiger partial charge in [0.05, 0.1) is 12.6 Å². The quantitative estimate of drug-likeness (QED) is 0.198. The Labute approximate surface area is 214 Å². The molecule has 0 atom stereocenters. The Morgan fingerprint density at radius 3 is 2.75 bits per heavy atom. The number of hydrogen-bond donors (Lipinski definition) is 2. The van der Waals surface area contributed by atoms with Gasteiger partial charge in [0.25, 0.3) is 11.5 Å². The van der Waals surface area contributed by atoms with Crippen LogP contribution in [0.3, 0.4) is 0 Å². The molecule has 3 rings (SSSR count). The number of hydrogen-bond acceptors (Lipinski definition) is 8. The van der Waals surface area contributed by atoms with Crippen molar-refractivity contribution >= 4 is 29.1 Å². The number of aryl methyl sites for hydroxylation is 1. The lowest BCUT2D eigenvalue weighted by molar-refractivity contribution is 0.0757. The fourth-order valence-corrected chi connectivity index (χ4v) is 3.86. The van der Waals surface area contributed by atoms with E-state index in [-0.39, 0.29) is 30.7 Å². The van der Waals surface area contributed by atoms with Crippen molar-refractivity contribution in [1.29, 1.82) is 0 Å². The summed E-state index contributed by atoms with van der Waals surface area (Å²) in [6.07, 6.45) is 7.44. The number of hydrazine groups is 1. The van der Waals surface area contributed by atoms with Gasteiger partial charge in [-0.2, -0.15) is 9.89 Å². The van der Waals surface area contributed by atoms with Crippen LogP contribution in [0, 0.1) is 4.91 Å². The van der Waals surface area contributed by atoms with Gasteiger partial charge in [0.2, 0.25) is 5.95 Å². The molecule has 1 heterocycles. The summed E-state index contributed by atoms with van der Waals surface area (Å²) in [5, 5.41) is 7.48. The van der Waals surface area contributed by atoms with E-state index < -0.39 is 11.5 Å². The van der Waals surface area contributed by atoms with E-state index in [2.05, 4.69) is 15.5 Å². The van der Waals surface area contributed by atoms with Gasteiger partial charge in [-0.1, -0.05) is 35.4 Å². The van der Waals surface area contributed by atoms with E-state index in [1.54, 1.807) is 4.57 Å². The van der Waals surface area contributed by atoms with Crippen molar-refractivity contribution < 1.29 is 9.53 Å². The highest BCUT2D eigenvalue weighted by Crippen LogP contribution is 2.27. The van der Waals surface area contributed by atoms with Crippen molar-refractivity contribution in [3.63, 3.8) is 0 Å². The Morgan fingerprint density at radius 1 is 1.33 bits per heavy atom. The molecular weight excluding hydrogens is 484 g/mol. The average Bonchev–Trinajstić information content (AvgIpc) is 2.85. The van der Waals surface area contributed by atoms with Gasteiger partial charge in [-0.15, -0.1) is 0 Å². The number of benzene rings is 1. The van der Waals surface area contributed by atoms with Crippen molar-refractivity contribution in [2.45, 2.75) is 52.7 Å². The monoisotopic (exact) mass is 514 g/mol. The highest BCUT2D eigenvalue weighted by atomic mass is 35.5. The summed E-state index contributed by atoms with van der Waals surface area (Å²) in [6, 6.07) is 5.68. The number of ether oxygens (including phenoxy) is 1. The van der Waals surface area contributed by atoms with Crippen molar-refractivity contribution in [1.82, 2.24) is 14.6 Å². The van der Waals surface area contributed by atoms with E-state index in [1.165, 1.54) is 6.20 Å². The van der Waals surface area contributed by atoms with Crippen molar-refractivity contribution in [3.8, 4) is 5.75 Å². The van der Waals surface area contributed by atoms with E-state index in [4.69, 9.17) is 22.2 Å². The topological polar surface area (TPSA) is 132 Å². The molecule has 11 heteroatoms. The third-order valence-corrected chi connectivity index (χ3v) is 5.85. The fourth-order valence-electron chi connectivity index (χ4n) is 3.70. The lowest BCUT2D eigenvalue weighted by Gasteiger charge is -2.20. The molecular formula is C25H31ClN6O4. The summed E-state index contributed by atoms with van der Waals surface area (Å²) >= 11 is 6.10. The van der Waals surface area contributed by atoms with Gasteiger partial charge in [0.15, 0.2) is 0 Å². The number of amides is 1. The summed E-state index contributed by atoms with van der Waals surface area (Å²) in [7, 11) is 0. The third-order valence-electron chi connectivity index (χ3n) is 5.54. The number of aromatic nitrogens is 2. The number of nitrogens with one attached hydrogen (secondary N) is 1. The Morgan fingerprint density at radius 2 is 2.11 bits per heavy atom. The predicted octanol–water partition coefficient (Wildman–Crippen LogP) is 4.26. The molecule has 0 spiro atoms. The zero-order valence-corrected chi connectivity index (χ0v) is 21.4. The van der Waals surface area contributed by atoms with Gasteiger partial charge in [-0.25, -0.2) is 5.84 Å². The summed E-state index contributed by atoms with van der Waals surface area (Å²) < 4.78 is 7.58.